The Morgan fingerprint density at radius 2 is 0.868 bits per heavy atom. The molecule has 0 unspecified atom stereocenters. The molecule has 0 atom stereocenters. The van der Waals surface area contributed by atoms with Crippen LogP contribution in [0.4, 0.5) is 0 Å². The van der Waals surface area contributed by atoms with E-state index in [1.807, 2.05) is 0 Å². The summed E-state index contributed by atoms with van der Waals surface area (Å²) in [5.41, 5.74) is 7.89. The standard InChI is InChI=1S/2C16H13.C2H8O2Si.Zr/c2*1-12-10-14-8-5-9-15(16(14)11-12)13-6-3-2-4-7-13;1-5(2,3)4;/h2*2-11H,1H3;3-4H,1-2H3;/q2*-1;;+2. The van der Waals surface area contributed by atoms with Crippen molar-refractivity contribution in [2.45, 2.75) is 26.9 Å². The molecule has 0 saturated heterocycles. The number of rotatable bonds is 2. The van der Waals surface area contributed by atoms with E-state index >= 15 is 0 Å². The van der Waals surface area contributed by atoms with Crippen molar-refractivity contribution in [1.82, 2.24) is 0 Å². The third-order valence-corrected chi connectivity index (χ3v) is 5.96. The average Bonchev–Trinajstić information content (AvgIpc) is 3.45. The van der Waals surface area contributed by atoms with Crippen LogP contribution >= 0.6 is 0 Å². The van der Waals surface area contributed by atoms with Crippen LogP contribution < -0.4 is 0 Å². The molecule has 2 nitrogen and oxygen atoms in total. The molecule has 6 rings (SSSR count). The summed E-state index contributed by atoms with van der Waals surface area (Å²) in [5.74, 6) is 0. The van der Waals surface area contributed by atoms with E-state index in [1.165, 1.54) is 68.0 Å². The largest absolute Gasteiger partial charge is 2.00 e. The topological polar surface area (TPSA) is 40.5 Å². The van der Waals surface area contributed by atoms with Gasteiger partial charge in [-0.05, 0) is 24.2 Å². The second kappa shape index (κ2) is 13.3. The third-order valence-electron chi connectivity index (χ3n) is 5.96. The van der Waals surface area contributed by atoms with Crippen LogP contribution in [0.3, 0.4) is 0 Å². The van der Waals surface area contributed by atoms with Crippen molar-refractivity contribution >= 4 is 30.1 Å². The number of benzene rings is 4. The molecule has 0 aliphatic heterocycles. The van der Waals surface area contributed by atoms with Crippen molar-refractivity contribution in [3.8, 4) is 22.3 Å². The molecular weight excluding hydrogens is 560 g/mol. The number of fused-ring (bicyclic) bond motifs is 2. The van der Waals surface area contributed by atoms with Gasteiger partial charge in [0.05, 0.1) is 0 Å². The number of hydrogen-bond acceptors (Lipinski definition) is 2. The molecule has 2 N–H and O–H groups in total. The van der Waals surface area contributed by atoms with Gasteiger partial charge in [0.1, 0.15) is 0 Å². The minimum absolute atomic E-state index is 0. The Labute approximate surface area is 246 Å². The molecule has 0 fully saturated rings. The molecule has 0 amide bonds. The van der Waals surface area contributed by atoms with Gasteiger partial charge in [0.2, 0.25) is 0 Å². The minimum Gasteiger partial charge on any atom is -0.411 e. The summed E-state index contributed by atoms with van der Waals surface area (Å²) in [4.78, 5) is 16.4. The van der Waals surface area contributed by atoms with Gasteiger partial charge in [0.15, 0.2) is 0 Å². The van der Waals surface area contributed by atoms with Gasteiger partial charge < -0.3 is 9.59 Å². The van der Waals surface area contributed by atoms with Gasteiger partial charge in [0, 0.05) is 0 Å². The summed E-state index contributed by atoms with van der Waals surface area (Å²) in [7, 11) is -2.61. The maximum Gasteiger partial charge on any atom is 2.00 e. The summed E-state index contributed by atoms with van der Waals surface area (Å²) in [6.45, 7) is 7.17. The van der Waals surface area contributed by atoms with Crippen molar-refractivity contribution in [2.75, 3.05) is 0 Å². The van der Waals surface area contributed by atoms with Crippen LogP contribution in [0, 0.1) is 13.8 Å². The molecule has 0 spiro atoms. The molecule has 0 aliphatic rings. The predicted molar refractivity (Wildman–Crippen MR) is 161 cm³/mol. The molecule has 4 heteroatoms. The molecule has 0 bridgehead atoms. The van der Waals surface area contributed by atoms with Crippen molar-refractivity contribution in [2.24, 2.45) is 0 Å². The molecular formula is C34H34O2SiZr. The first-order valence-electron chi connectivity index (χ1n) is 12.6. The molecule has 0 saturated carbocycles. The molecule has 0 radical (unpaired) electrons. The maximum atomic E-state index is 8.22. The molecule has 0 heterocycles. The van der Waals surface area contributed by atoms with Crippen LogP contribution in [0.15, 0.2) is 121 Å². The first kappa shape index (κ1) is 29.7. The van der Waals surface area contributed by atoms with Gasteiger partial charge in [-0.2, -0.15) is 12.1 Å². The summed E-state index contributed by atoms with van der Waals surface area (Å²) in [5, 5.41) is 5.37. The van der Waals surface area contributed by atoms with Crippen molar-refractivity contribution < 1.29 is 35.8 Å². The average molecular weight is 594 g/mol. The summed E-state index contributed by atoms with van der Waals surface area (Å²) in [6.07, 6.45) is 0. The van der Waals surface area contributed by atoms with Crippen LogP contribution in [0.5, 0.6) is 0 Å². The van der Waals surface area contributed by atoms with E-state index in [0.717, 1.165) is 0 Å². The zero-order valence-electron chi connectivity index (χ0n) is 22.4. The zero-order chi connectivity index (χ0) is 26.4. The van der Waals surface area contributed by atoms with E-state index in [4.69, 9.17) is 9.59 Å². The Morgan fingerprint density at radius 1 is 0.526 bits per heavy atom. The van der Waals surface area contributed by atoms with Gasteiger partial charge in [-0.25, -0.2) is 0 Å². The minimum atomic E-state index is -2.61. The Kier molecular flexibility index (Phi) is 10.4. The first-order valence-corrected chi connectivity index (χ1v) is 15.5. The molecule has 6 aromatic rings. The zero-order valence-corrected chi connectivity index (χ0v) is 25.9. The maximum absolute atomic E-state index is 8.22. The fraction of sp³-hybridized carbons (Fsp3) is 0.118. The van der Waals surface area contributed by atoms with Crippen LogP contribution in [-0.2, 0) is 26.2 Å². The second-order valence-electron chi connectivity index (χ2n) is 9.91. The molecule has 0 aliphatic carbocycles. The Balaban J connectivity index is 0.000000176. The van der Waals surface area contributed by atoms with Gasteiger partial charge in [-0.1, -0.05) is 97.8 Å². The van der Waals surface area contributed by atoms with Crippen LogP contribution in [0.2, 0.25) is 13.1 Å². The summed E-state index contributed by atoms with van der Waals surface area (Å²) >= 11 is 0. The van der Waals surface area contributed by atoms with E-state index in [0.29, 0.717) is 0 Å². The van der Waals surface area contributed by atoms with E-state index in [1.54, 1.807) is 0 Å². The third kappa shape index (κ3) is 8.06. The van der Waals surface area contributed by atoms with Crippen molar-refractivity contribution in [3.05, 3.63) is 132 Å². The van der Waals surface area contributed by atoms with Gasteiger partial charge >= 0.3 is 34.8 Å². The molecule has 190 valence electrons. The van der Waals surface area contributed by atoms with Crippen LogP contribution in [-0.4, -0.2) is 18.2 Å². The SMILES string of the molecule is C[Si](C)(O)O.Cc1cc2c(-c3ccccc3)cccc2[cH-]1.Cc1cc2c(-c3ccccc3)cccc2[cH-]1.[Zr+2]. The predicted octanol–water partition coefficient (Wildman–Crippen LogP) is 8.74. The van der Waals surface area contributed by atoms with Gasteiger partial charge in [-0.3, -0.25) is 0 Å². The van der Waals surface area contributed by atoms with E-state index in [9.17, 15) is 0 Å². The van der Waals surface area contributed by atoms with Crippen LogP contribution in [0.25, 0.3) is 43.8 Å². The van der Waals surface area contributed by atoms with E-state index in [2.05, 4.69) is 135 Å². The fourth-order valence-electron chi connectivity index (χ4n) is 4.51. The van der Waals surface area contributed by atoms with Crippen molar-refractivity contribution in [1.29, 1.82) is 0 Å². The number of hydrogen-bond donors (Lipinski definition) is 2. The summed E-state index contributed by atoms with van der Waals surface area (Å²) < 4.78 is 0. The first-order chi connectivity index (χ1) is 17.7. The molecule has 6 aromatic carbocycles. The van der Waals surface area contributed by atoms with E-state index < -0.39 is 8.56 Å². The van der Waals surface area contributed by atoms with Gasteiger partial charge in [-0.15, -0.1) is 69.1 Å². The van der Waals surface area contributed by atoms with Crippen molar-refractivity contribution in [3.63, 3.8) is 0 Å². The summed E-state index contributed by atoms with van der Waals surface area (Å²) in [6, 6.07) is 43.1. The Hall–Kier alpha value is -2.88. The molecule has 38 heavy (non-hydrogen) atoms. The van der Waals surface area contributed by atoms with Crippen LogP contribution in [0.1, 0.15) is 11.1 Å². The second-order valence-corrected chi connectivity index (χ2v) is 12.9. The molecule has 0 aromatic heterocycles. The Morgan fingerprint density at radius 3 is 1.21 bits per heavy atom. The normalized spacial score (nSPS) is 10.7. The quantitative estimate of drug-likeness (QED) is 0.156. The number of aryl methyl sites for hydroxylation is 2. The fourth-order valence-corrected chi connectivity index (χ4v) is 4.51. The van der Waals surface area contributed by atoms with Gasteiger partial charge in [0.25, 0.3) is 0 Å². The van der Waals surface area contributed by atoms with E-state index in [-0.39, 0.29) is 26.2 Å². The monoisotopic (exact) mass is 592 g/mol. The Bertz CT molecular complexity index is 1450. The smallest absolute Gasteiger partial charge is 0.411 e.